The van der Waals surface area contributed by atoms with Crippen molar-refractivity contribution in [3.8, 4) is 5.75 Å². The molecule has 1 aliphatic heterocycles. The monoisotopic (exact) mass is 262 g/mol. The first-order valence-electron chi connectivity index (χ1n) is 6.84. The second-order valence-corrected chi connectivity index (χ2v) is 5.64. The number of fused-ring (bicyclic) bond motifs is 1. The number of hydrogen-bond donors (Lipinski definition) is 2. The molecule has 4 heteroatoms. The van der Waals surface area contributed by atoms with Crippen molar-refractivity contribution in [2.24, 2.45) is 5.92 Å². The van der Waals surface area contributed by atoms with Crippen LogP contribution in [0, 0.1) is 5.92 Å². The molecule has 1 aromatic carbocycles. The van der Waals surface area contributed by atoms with E-state index in [0.717, 1.165) is 23.5 Å². The number of benzene rings is 1. The lowest BCUT2D eigenvalue weighted by Crippen LogP contribution is -2.34. The van der Waals surface area contributed by atoms with Gasteiger partial charge in [-0.15, -0.1) is 0 Å². The predicted octanol–water partition coefficient (Wildman–Crippen LogP) is 3.25. The lowest BCUT2D eigenvalue weighted by molar-refractivity contribution is -0.122. The molecule has 2 rings (SSSR count). The van der Waals surface area contributed by atoms with Gasteiger partial charge in [0.05, 0.1) is 5.69 Å². The fourth-order valence-corrected chi connectivity index (χ4v) is 2.35. The molecule has 0 saturated heterocycles. The van der Waals surface area contributed by atoms with Gasteiger partial charge in [0.1, 0.15) is 5.75 Å². The summed E-state index contributed by atoms with van der Waals surface area (Å²) in [4.78, 5) is 11.6. The van der Waals surface area contributed by atoms with Gasteiger partial charge in [-0.25, -0.2) is 0 Å². The van der Waals surface area contributed by atoms with Gasteiger partial charge in [-0.2, -0.15) is 0 Å². The zero-order valence-corrected chi connectivity index (χ0v) is 12.0. The van der Waals surface area contributed by atoms with Crippen LogP contribution in [-0.4, -0.2) is 18.1 Å². The lowest BCUT2D eigenvalue weighted by atomic mass is 10.0. The van der Waals surface area contributed by atoms with Crippen molar-refractivity contribution in [2.75, 3.05) is 10.6 Å². The molecule has 19 heavy (non-hydrogen) atoms. The van der Waals surface area contributed by atoms with Crippen LogP contribution >= 0.6 is 0 Å². The Kier molecular flexibility index (Phi) is 3.98. The van der Waals surface area contributed by atoms with Crippen molar-refractivity contribution >= 4 is 17.3 Å². The Morgan fingerprint density at radius 2 is 2.11 bits per heavy atom. The van der Waals surface area contributed by atoms with Crippen LogP contribution in [0.25, 0.3) is 0 Å². The zero-order chi connectivity index (χ0) is 14.0. The van der Waals surface area contributed by atoms with E-state index in [2.05, 4.69) is 31.4 Å². The lowest BCUT2D eigenvalue weighted by Gasteiger charge is -2.24. The number of nitrogens with one attached hydrogen (secondary N) is 2. The van der Waals surface area contributed by atoms with Gasteiger partial charge < -0.3 is 15.4 Å². The summed E-state index contributed by atoms with van der Waals surface area (Å²) in [5.74, 6) is 1.29. The smallest absolute Gasteiger partial charge is 0.265 e. The molecule has 0 spiro atoms. The van der Waals surface area contributed by atoms with E-state index >= 15 is 0 Å². The van der Waals surface area contributed by atoms with E-state index in [1.165, 1.54) is 0 Å². The van der Waals surface area contributed by atoms with E-state index in [4.69, 9.17) is 4.74 Å². The Bertz CT molecular complexity index is 471. The number of carbonyl (C=O) groups excluding carboxylic acids is 1. The maximum atomic E-state index is 11.6. The molecule has 1 aliphatic rings. The average Bonchev–Trinajstić information content (AvgIpc) is 2.30. The van der Waals surface area contributed by atoms with E-state index in [1.54, 1.807) is 6.92 Å². The molecule has 0 aliphatic carbocycles. The minimum absolute atomic E-state index is 0.0973. The Morgan fingerprint density at radius 1 is 1.37 bits per heavy atom. The third-order valence-electron chi connectivity index (χ3n) is 3.15. The summed E-state index contributed by atoms with van der Waals surface area (Å²) in [5.41, 5.74) is 1.75. The van der Waals surface area contributed by atoms with E-state index in [0.29, 0.717) is 12.0 Å². The van der Waals surface area contributed by atoms with Crippen molar-refractivity contribution in [1.29, 1.82) is 0 Å². The molecule has 104 valence electrons. The number of carbonyl (C=O) groups is 1. The van der Waals surface area contributed by atoms with Crippen molar-refractivity contribution in [1.82, 2.24) is 0 Å². The van der Waals surface area contributed by atoms with Crippen LogP contribution in [0.1, 0.15) is 34.1 Å². The summed E-state index contributed by atoms with van der Waals surface area (Å²) < 4.78 is 5.53. The van der Waals surface area contributed by atoms with Gasteiger partial charge in [0.25, 0.3) is 5.91 Å². The average molecular weight is 262 g/mol. The highest BCUT2D eigenvalue weighted by Crippen LogP contribution is 2.32. The van der Waals surface area contributed by atoms with E-state index in [9.17, 15) is 4.79 Å². The Morgan fingerprint density at radius 3 is 2.79 bits per heavy atom. The highest BCUT2D eigenvalue weighted by molar-refractivity contribution is 5.98. The standard InChI is InChI=1S/C15H22N2O2/c1-9(2)7-10(3)16-12-5-6-14-13(8-12)17-15(18)11(4)19-14/h5-6,8-11,16H,7H2,1-4H3,(H,17,18). The van der Waals surface area contributed by atoms with E-state index in [1.807, 2.05) is 18.2 Å². The highest BCUT2D eigenvalue weighted by Gasteiger charge is 2.23. The van der Waals surface area contributed by atoms with Crippen LogP contribution in [0.2, 0.25) is 0 Å². The first-order chi connectivity index (χ1) is 8.95. The fraction of sp³-hybridized carbons (Fsp3) is 0.533. The molecule has 0 saturated carbocycles. The van der Waals surface area contributed by atoms with Gasteiger partial charge in [0.15, 0.2) is 6.10 Å². The minimum atomic E-state index is -0.425. The van der Waals surface area contributed by atoms with Crippen molar-refractivity contribution in [3.05, 3.63) is 18.2 Å². The maximum absolute atomic E-state index is 11.6. The van der Waals surface area contributed by atoms with Crippen LogP contribution in [0.15, 0.2) is 18.2 Å². The number of amides is 1. The molecule has 0 radical (unpaired) electrons. The number of anilines is 2. The van der Waals surface area contributed by atoms with Gasteiger partial charge in [0, 0.05) is 11.7 Å². The summed E-state index contributed by atoms with van der Waals surface area (Å²) in [5, 5.41) is 6.30. The Balaban J connectivity index is 2.09. The first-order valence-corrected chi connectivity index (χ1v) is 6.84. The quantitative estimate of drug-likeness (QED) is 0.875. The molecule has 1 heterocycles. The number of hydrogen-bond acceptors (Lipinski definition) is 3. The Labute approximate surface area is 114 Å². The zero-order valence-electron chi connectivity index (χ0n) is 12.0. The molecule has 0 fully saturated rings. The van der Waals surface area contributed by atoms with Crippen molar-refractivity contribution in [3.63, 3.8) is 0 Å². The van der Waals surface area contributed by atoms with E-state index < -0.39 is 6.10 Å². The highest BCUT2D eigenvalue weighted by atomic mass is 16.5. The second-order valence-electron chi connectivity index (χ2n) is 5.64. The molecule has 0 aromatic heterocycles. The van der Waals surface area contributed by atoms with E-state index in [-0.39, 0.29) is 5.91 Å². The number of ether oxygens (including phenoxy) is 1. The van der Waals surface area contributed by atoms with Crippen molar-refractivity contribution in [2.45, 2.75) is 46.3 Å². The summed E-state index contributed by atoms with van der Waals surface area (Å²) in [6.07, 6.45) is 0.683. The number of rotatable bonds is 4. The Hall–Kier alpha value is -1.71. The predicted molar refractivity (Wildman–Crippen MR) is 77.7 cm³/mol. The molecule has 1 amide bonds. The molecular weight excluding hydrogens is 240 g/mol. The summed E-state index contributed by atoms with van der Waals surface area (Å²) in [6.45, 7) is 8.33. The van der Waals surface area contributed by atoms with Crippen LogP contribution < -0.4 is 15.4 Å². The van der Waals surface area contributed by atoms with Crippen LogP contribution in [0.4, 0.5) is 11.4 Å². The summed E-state index contributed by atoms with van der Waals surface area (Å²) in [6, 6.07) is 6.21. The van der Waals surface area contributed by atoms with Gasteiger partial charge in [-0.3, -0.25) is 4.79 Å². The molecule has 2 unspecified atom stereocenters. The van der Waals surface area contributed by atoms with Gasteiger partial charge in [-0.1, -0.05) is 13.8 Å². The third-order valence-corrected chi connectivity index (χ3v) is 3.15. The minimum Gasteiger partial charge on any atom is -0.479 e. The third kappa shape index (κ3) is 3.40. The maximum Gasteiger partial charge on any atom is 0.265 e. The van der Waals surface area contributed by atoms with Crippen LogP contribution in [-0.2, 0) is 4.79 Å². The fourth-order valence-electron chi connectivity index (χ4n) is 2.35. The summed E-state index contributed by atoms with van der Waals surface area (Å²) >= 11 is 0. The molecule has 0 bridgehead atoms. The van der Waals surface area contributed by atoms with Crippen LogP contribution in [0.3, 0.4) is 0 Å². The van der Waals surface area contributed by atoms with Gasteiger partial charge in [0.2, 0.25) is 0 Å². The normalized spacial score (nSPS) is 19.4. The topological polar surface area (TPSA) is 50.4 Å². The second kappa shape index (κ2) is 5.51. The molecule has 2 N–H and O–H groups in total. The largest absolute Gasteiger partial charge is 0.479 e. The molecular formula is C15H22N2O2. The van der Waals surface area contributed by atoms with Gasteiger partial charge >= 0.3 is 0 Å². The van der Waals surface area contributed by atoms with Crippen molar-refractivity contribution < 1.29 is 9.53 Å². The summed E-state index contributed by atoms with van der Waals surface area (Å²) in [7, 11) is 0. The SMILES string of the molecule is CC(C)CC(C)Nc1ccc2c(c1)NC(=O)C(C)O2. The molecule has 1 aromatic rings. The van der Waals surface area contributed by atoms with Gasteiger partial charge in [-0.05, 0) is 44.4 Å². The van der Waals surface area contributed by atoms with Crippen LogP contribution in [0.5, 0.6) is 5.75 Å². The molecule has 2 atom stereocenters. The molecule has 4 nitrogen and oxygen atoms in total. The first kappa shape index (κ1) is 13.7.